The van der Waals surface area contributed by atoms with E-state index in [2.05, 4.69) is 28.0 Å². The zero-order valence-electron chi connectivity index (χ0n) is 23.8. The van der Waals surface area contributed by atoms with Crippen LogP contribution in [0.1, 0.15) is 66.9 Å². The normalized spacial score (nSPS) is 24.0. The highest BCUT2D eigenvalue weighted by Crippen LogP contribution is 2.60. The summed E-state index contributed by atoms with van der Waals surface area (Å²) in [6.07, 6.45) is 9.66. The van der Waals surface area contributed by atoms with E-state index in [4.69, 9.17) is 9.47 Å². The lowest BCUT2D eigenvalue weighted by atomic mass is 9.48. The van der Waals surface area contributed by atoms with E-state index in [0.29, 0.717) is 29.1 Å². The standard InChI is InChI=1S/C34H36FN3O4/c1-2-41-31-15-22(20-36-38-33(40)26-4-3-5-28(35)16-26)6-11-30(31)42-21-32(39)37-29-9-7-27(8-10-29)34-17-23-12-24(18-34)14-25(13-23)19-34/h3-11,15-16,20,23-25H,2,12-14,17-19,21H2,1H3,(H,37,39)(H,38,40)/b36-20-. The molecule has 0 spiro atoms. The molecule has 0 unspecified atom stereocenters. The van der Waals surface area contributed by atoms with Gasteiger partial charge in [0.05, 0.1) is 12.8 Å². The number of anilines is 1. The first kappa shape index (κ1) is 27.9. The first-order valence-corrected chi connectivity index (χ1v) is 14.8. The Labute approximate surface area is 245 Å². The highest BCUT2D eigenvalue weighted by atomic mass is 19.1. The van der Waals surface area contributed by atoms with Crippen molar-refractivity contribution in [2.24, 2.45) is 22.9 Å². The van der Waals surface area contributed by atoms with Crippen LogP contribution >= 0.6 is 0 Å². The van der Waals surface area contributed by atoms with Gasteiger partial charge in [0.1, 0.15) is 5.82 Å². The summed E-state index contributed by atoms with van der Waals surface area (Å²) < 4.78 is 24.8. The van der Waals surface area contributed by atoms with Crippen LogP contribution in [0.4, 0.5) is 10.1 Å². The Morgan fingerprint density at radius 1 is 0.929 bits per heavy atom. The van der Waals surface area contributed by atoms with Gasteiger partial charge in [-0.2, -0.15) is 5.10 Å². The van der Waals surface area contributed by atoms with E-state index in [0.717, 1.165) is 29.5 Å². The number of halogens is 1. The monoisotopic (exact) mass is 569 g/mol. The third-order valence-electron chi connectivity index (χ3n) is 8.91. The van der Waals surface area contributed by atoms with Crippen molar-refractivity contribution >= 4 is 23.7 Å². The van der Waals surface area contributed by atoms with Crippen LogP contribution in [0.25, 0.3) is 0 Å². The van der Waals surface area contributed by atoms with Crippen LogP contribution in [0.15, 0.2) is 71.8 Å². The minimum atomic E-state index is -0.524. The molecule has 7 nitrogen and oxygen atoms in total. The van der Waals surface area contributed by atoms with E-state index < -0.39 is 11.7 Å². The number of benzene rings is 3. The van der Waals surface area contributed by atoms with Gasteiger partial charge in [0.15, 0.2) is 18.1 Å². The fourth-order valence-corrected chi connectivity index (χ4v) is 7.56. The summed E-state index contributed by atoms with van der Waals surface area (Å²) in [6, 6.07) is 18.9. The van der Waals surface area contributed by atoms with Crippen molar-refractivity contribution in [2.45, 2.75) is 50.9 Å². The topological polar surface area (TPSA) is 89.0 Å². The summed E-state index contributed by atoms with van der Waals surface area (Å²) in [5.41, 5.74) is 5.71. The Kier molecular flexibility index (Phi) is 7.96. The minimum Gasteiger partial charge on any atom is -0.490 e. The van der Waals surface area contributed by atoms with E-state index in [-0.39, 0.29) is 18.1 Å². The summed E-state index contributed by atoms with van der Waals surface area (Å²) in [5, 5.41) is 6.89. The van der Waals surface area contributed by atoms with Crippen molar-refractivity contribution in [3.8, 4) is 11.5 Å². The molecule has 4 aliphatic carbocycles. The number of hydrogen-bond donors (Lipinski definition) is 2. The zero-order chi connectivity index (χ0) is 29.1. The molecule has 2 N–H and O–H groups in total. The number of carbonyl (C=O) groups excluding carboxylic acids is 2. The molecule has 7 rings (SSSR count). The summed E-state index contributed by atoms with van der Waals surface area (Å²) in [7, 11) is 0. The Bertz CT molecular complexity index is 1450. The molecular weight excluding hydrogens is 533 g/mol. The average Bonchev–Trinajstić information content (AvgIpc) is 2.96. The number of rotatable bonds is 10. The van der Waals surface area contributed by atoms with Crippen molar-refractivity contribution in [3.05, 3.63) is 89.2 Å². The lowest BCUT2D eigenvalue weighted by Crippen LogP contribution is -2.48. The number of nitrogens with one attached hydrogen (secondary N) is 2. The number of amides is 2. The zero-order valence-corrected chi connectivity index (χ0v) is 23.8. The van der Waals surface area contributed by atoms with Crippen LogP contribution in [0.3, 0.4) is 0 Å². The van der Waals surface area contributed by atoms with Crippen LogP contribution in [0.2, 0.25) is 0 Å². The number of carbonyl (C=O) groups is 2. The molecule has 4 bridgehead atoms. The molecule has 3 aromatic rings. The highest BCUT2D eigenvalue weighted by Gasteiger charge is 2.51. The van der Waals surface area contributed by atoms with Gasteiger partial charge in [-0.3, -0.25) is 9.59 Å². The van der Waals surface area contributed by atoms with Gasteiger partial charge in [0, 0.05) is 11.3 Å². The first-order valence-electron chi connectivity index (χ1n) is 14.8. The van der Waals surface area contributed by atoms with Crippen molar-refractivity contribution in [1.29, 1.82) is 0 Å². The Morgan fingerprint density at radius 3 is 2.31 bits per heavy atom. The highest BCUT2D eigenvalue weighted by molar-refractivity contribution is 5.95. The minimum absolute atomic E-state index is 0.169. The first-order chi connectivity index (χ1) is 20.4. The second kappa shape index (κ2) is 12.0. The second-order valence-electron chi connectivity index (χ2n) is 12.0. The Morgan fingerprint density at radius 2 is 1.64 bits per heavy atom. The van der Waals surface area contributed by atoms with Gasteiger partial charge in [-0.15, -0.1) is 0 Å². The van der Waals surface area contributed by atoms with E-state index >= 15 is 0 Å². The van der Waals surface area contributed by atoms with Gasteiger partial charge in [0.2, 0.25) is 0 Å². The third kappa shape index (κ3) is 6.17. The second-order valence-corrected chi connectivity index (χ2v) is 12.0. The molecule has 3 aromatic carbocycles. The van der Waals surface area contributed by atoms with Crippen molar-refractivity contribution in [1.82, 2.24) is 5.43 Å². The maximum Gasteiger partial charge on any atom is 0.271 e. The van der Waals surface area contributed by atoms with Gasteiger partial charge in [0.25, 0.3) is 11.8 Å². The lowest BCUT2D eigenvalue weighted by Gasteiger charge is -2.57. The van der Waals surface area contributed by atoms with E-state index in [1.54, 1.807) is 18.2 Å². The molecule has 4 saturated carbocycles. The van der Waals surface area contributed by atoms with Crippen molar-refractivity contribution < 1.29 is 23.5 Å². The molecular formula is C34H36FN3O4. The smallest absolute Gasteiger partial charge is 0.271 e. The van der Waals surface area contributed by atoms with Gasteiger partial charge < -0.3 is 14.8 Å². The van der Waals surface area contributed by atoms with Crippen LogP contribution in [-0.2, 0) is 10.2 Å². The Balaban J connectivity index is 1.03. The van der Waals surface area contributed by atoms with Gasteiger partial charge in [-0.05, 0) is 128 Å². The molecule has 0 aromatic heterocycles. The van der Waals surface area contributed by atoms with E-state index in [9.17, 15) is 14.0 Å². The molecule has 8 heteroatoms. The predicted octanol–water partition coefficient (Wildman–Crippen LogP) is 6.47. The SMILES string of the molecule is CCOc1cc(/C=N\NC(=O)c2cccc(F)c2)ccc1OCC(=O)Nc1ccc(C23CC4CC(CC(C4)C2)C3)cc1. The largest absolute Gasteiger partial charge is 0.490 e. The maximum atomic E-state index is 13.4. The maximum absolute atomic E-state index is 13.4. The van der Waals surface area contributed by atoms with Crippen LogP contribution < -0.4 is 20.2 Å². The molecule has 0 radical (unpaired) electrons. The van der Waals surface area contributed by atoms with Crippen molar-refractivity contribution in [3.63, 3.8) is 0 Å². The molecule has 4 fully saturated rings. The van der Waals surface area contributed by atoms with Crippen LogP contribution in [-0.4, -0.2) is 31.2 Å². The number of hydrazone groups is 1. The Hall–Kier alpha value is -4.20. The quantitative estimate of drug-likeness (QED) is 0.216. The molecule has 2 amide bonds. The summed E-state index contributed by atoms with van der Waals surface area (Å²) >= 11 is 0. The van der Waals surface area contributed by atoms with Gasteiger partial charge in [-0.1, -0.05) is 18.2 Å². The predicted molar refractivity (Wildman–Crippen MR) is 159 cm³/mol. The summed E-state index contributed by atoms with van der Waals surface area (Å²) in [6.45, 7) is 2.08. The number of hydrogen-bond acceptors (Lipinski definition) is 5. The molecule has 4 aliphatic rings. The third-order valence-corrected chi connectivity index (χ3v) is 8.91. The number of nitrogens with zero attached hydrogens (tertiary/aromatic N) is 1. The number of ether oxygens (including phenoxy) is 2. The summed E-state index contributed by atoms with van der Waals surface area (Å²) in [4.78, 5) is 24.9. The molecule has 42 heavy (non-hydrogen) atoms. The molecule has 0 heterocycles. The lowest BCUT2D eigenvalue weighted by molar-refractivity contribution is -0.118. The fourth-order valence-electron chi connectivity index (χ4n) is 7.56. The van der Waals surface area contributed by atoms with E-state index in [1.165, 1.54) is 68.5 Å². The summed E-state index contributed by atoms with van der Waals surface area (Å²) in [5.74, 6) is 2.27. The van der Waals surface area contributed by atoms with Crippen LogP contribution in [0.5, 0.6) is 11.5 Å². The average molecular weight is 570 g/mol. The fraction of sp³-hybridized carbons (Fsp3) is 0.382. The molecule has 0 atom stereocenters. The molecule has 0 saturated heterocycles. The van der Waals surface area contributed by atoms with Gasteiger partial charge >= 0.3 is 0 Å². The van der Waals surface area contributed by atoms with Gasteiger partial charge in [-0.25, -0.2) is 9.82 Å². The van der Waals surface area contributed by atoms with Crippen LogP contribution in [0, 0.1) is 23.6 Å². The van der Waals surface area contributed by atoms with Crippen molar-refractivity contribution in [2.75, 3.05) is 18.5 Å². The molecule has 0 aliphatic heterocycles. The van der Waals surface area contributed by atoms with E-state index in [1.807, 2.05) is 19.1 Å². The molecule has 218 valence electrons.